The third kappa shape index (κ3) is 6.81. The summed E-state index contributed by atoms with van der Waals surface area (Å²) in [6, 6.07) is 16.9. The van der Waals surface area contributed by atoms with Gasteiger partial charge in [-0.2, -0.15) is 0 Å². The van der Waals surface area contributed by atoms with E-state index in [0.29, 0.717) is 25.3 Å². The molecule has 7 heterocycles. The fourth-order valence-electron chi connectivity index (χ4n) is 8.23. The summed E-state index contributed by atoms with van der Waals surface area (Å²) in [6.45, 7) is 7.77. The van der Waals surface area contributed by atoms with Crippen molar-refractivity contribution in [2.45, 2.75) is 31.4 Å². The highest BCUT2D eigenvalue weighted by Crippen LogP contribution is 2.33. The highest BCUT2D eigenvalue weighted by atomic mass is 16.5. The maximum Gasteiger partial charge on any atom is 0.262 e. The lowest BCUT2D eigenvalue weighted by Crippen LogP contribution is -2.54. The third-order valence-electron chi connectivity index (χ3n) is 11.5. The molecular weight excluding hydrogens is 709 g/mol. The Morgan fingerprint density at radius 2 is 1.64 bits per heavy atom. The highest BCUT2D eigenvalue weighted by Gasteiger charge is 2.45. The number of aromatic nitrogens is 3. The summed E-state index contributed by atoms with van der Waals surface area (Å²) < 4.78 is 8.35. The SMILES string of the molecule is Cn1c2ccncc2c2ccc(-c3ccc(C#CCN4CCN(CCCOC5CN(c6ccc7c(c6)C(=O)N(C6CCC(=O)NC6=O)C7=O)C5)CC4)nc3)cc21. The maximum atomic E-state index is 13.2. The largest absolute Gasteiger partial charge is 0.374 e. The summed E-state index contributed by atoms with van der Waals surface area (Å²) in [5, 5.41) is 4.59. The van der Waals surface area contributed by atoms with Gasteiger partial charge in [0.25, 0.3) is 11.8 Å². The summed E-state index contributed by atoms with van der Waals surface area (Å²) >= 11 is 0. The van der Waals surface area contributed by atoms with Crippen molar-refractivity contribution in [3.63, 3.8) is 0 Å². The zero-order chi connectivity index (χ0) is 38.3. The van der Waals surface area contributed by atoms with Crippen LogP contribution in [0.2, 0.25) is 0 Å². The van der Waals surface area contributed by atoms with Crippen LogP contribution in [0.5, 0.6) is 0 Å². The second kappa shape index (κ2) is 15.0. The smallest absolute Gasteiger partial charge is 0.262 e. The molecule has 5 aromatic rings. The van der Waals surface area contributed by atoms with E-state index in [-0.39, 0.29) is 24.5 Å². The molecule has 3 saturated heterocycles. The van der Waals surface area contributed by atoms with Crippen LogP contribution in [0.25, 0.3) is 32.9 Å². The number of benzene rings is 2. The number of carbonyl (C=O) groups excluding carboxylic acids is 4. The second-order valence-electron chi connectivity index (χ2n) is 15.0. The average Bonchev–Trinajstić information content (AvgIpc) is 3.62. The van der Waals surface area contributed by atoms with Crippen molar-refractivity contribution in [1.82, 2.24) is 34.6 Å². The molecule has 0 spiro atoms. The fraction of sp³-hybridized carbons (Fsp3) is 0.349. The van der Waals surface area contributed by atoms with Crippen molar-refractivity contribution in [3.05, 3.63) is 90.0 Å². The van der Waals surface area contributed by atoms with Crippen LogP contribution in [0.1, 0.15) is 45.7 Å². The predicted molar refractivity (Wildman–Crippen MR) is 211 cm³/mol. The number of carbonyl (C=O) groups is 4. The summed E-state index contributed by atoms with van der Waals surface area (Å²) in [6.07, 6.45) is 6.96. The molecule has 1 unspecified atom stereocenters. The van der Waals surface area contributed by atoms with E-state index in [4.69, 9.17) is 4.74 Å². The summed E-state index contributed by atoms with van der Waals surface area (Å²) in [5.41, 5.74) is 6.72. The van der Waals surface area contributed by atoms with Gasteiger partial charge in [0.2, 0.25) is 11.8 Å². The number of pyridine rings is 2. The molecule has 2 aromatic carbocycles. The van der Waals surface area contributed by atoms with Crippen molar-refractivity contribution < 1.29 is 23.9 Å². The van der Waals surface area contributed by atoms with Crippen LogP contribution >= 0.6 is 0 Å². The van der Waals surface area contributed by atoms with E-state index >= 15 is 0 Å². The zero-order valence-electron chi connectivity index (χ0n) is 31.2. The van der Waals surface area contributed by atoms with Crippen LogP contribution in [0, 0.1) is 11.8 Å². The molecule has 0 bridgehead atoms. The molecule has 3 fully saturated rings. The van der Waals surface area contributed by atoms with Gasteiger partial charge in [0.15, 0.2) is 0 Å². The van der Waals surface area contributed by atoms with Crippen LogP contribution in [0.4, 0.5) is 5.69 Å². The van der Waals surface area contributed by atoms with E-state index in [9.17, 15) is 19.2 Å². The number of ether oxygens (including phenoxy) is 1. The van der Waals surface area contributed by atoms with E-state index in [1.165, 1.54) is 16.4 Å². The lowest BCUT2D eigenvalue weighted by molar-refractivity contribution is -0.136. The molecule has 56 heavy (non-hydrogen) atoms. The molecule has 4 aliphatic rings. The zero-order valence-corrected chi connectivity index (χ0v) is 31.2. The van der Waals surface area contributed by atoms with Crippen molar-refractivity contribution in [2.24, 2.45) is 7.05 Å². The minimum Gasteiger partial charge on any atom is -0.374 e. The van der Waals surface area contributed by atoms with Crippen LogP contribution in [-0.4, -0.2) is 124 Å². The summed E-state index contributed by atoms with van der Waals surface area (Å²) in [4.78, 5) is 67.0. The Labute approximate surface area is 324 Å². The first-order valence-electron chi connectivity index (χ1n) is 19.2. The molecule has 4 amide bonds. The summed E-state index contributed by atoms with van der Waals surface area (Å²) in [7, 11) is 2.09. The van der Waals surface area contributed by atoms with Crippen LogP contribution in [0.15, 0.2) is 73.2 Å². The number of fused-ring (bicyclic) bond motifs is 4. The van der Waals surface area contributed by atoms with Crippen molar-refractivity contribution in [2.75, 3.05) is 63.9 Å². The van der Waals surface area contributed by atoms with Crippen molar-refractivity contribution in [1.29, 1.82) is 0 Å². The minimum atomic E-state index is -0.967. The lowest BCUT2D eigenvalue weighted by atomic mass is 10.0. The van der Waals surface area contributed by atoms with Gasteiger partial charge in [0, 0.05) is 112 Å². The van der Waals surface area contributed by atoms with Crippen LogP contribution < -0.4 is 10.2 Å². The van der Waals surface area contributed by atoms with Gasteiger partial charge < -0.3 is 19.1 Å². The number of hydrogen-bond acceptors (Lipinski definition) is 10. The molecule has 13 heteroatoms. The molecule has 0 saturated carbocycles. The van der Waals surface area contributed by atoms with Gasteiger partial charge in [0.1, 0.15) is 11.7 Å². The molecule has 1 N–H and O–H groups in total. The first kappa shape index (κ1) is 35.7. The van der Waals surface area contributed by atoms with Crippen molar-refractivity contribution in [3.8, 4) is 23.0 Å². The number of piperazine rings is 1. The van der Waals surface area contributed by atoms with Gasteiger partial charge >= 0.3 is 0 Å². The van der Waals surface area contributed by atoms with E-state index in [1.807, 2.05) is 36.8 Å². The van der Waals surface area contributed by atoms with Gasteiger partial charge in [0.05, 0.1) is 29.3 Å². The van der Waals surface area contributed by atoms with Gasteiger partial charge in [-0.1, -0.05) is 24.1 Å². The lowest BCUT2D eigenvalue weighted by Gasteiger charge is -2.41. The van der Waals surface area contributed by atoms with Gasteiger partial charge in [-0.3, -0.25) is 39.3 Å². The predicted octanol–water partition coefficient (Wildman–Crippen LogP) is 3.45. The van der Waals surface area contributed by atoms with E-state index in [1.54, 1.807) is 12.1 Å². The van der Waals surface area contributed by atoms with Gasteiger partial charge in [-0.25, -0.2) is 4.98 Å². The maximum absolute atomic E-state index is 13.2. The van der Waals surface area contributed by atoms with E-state index in [2.05, 4.69) is 77.7 Å². The first-order valence-corrected chi connectivity index (χ1v) is 19.2. The molecule has 9 rings (SSSR count). The number of rotatable bonds is 9. The van der Waals surface area contributed by atoms with E-state index < -0.39 is 29.7 Å². The Morgan fingerprint density at radius 3 is 2.45 bits per heavy atom. The summed E-state index contributed by atoms with van der Waals surface area (Å²) in [5.74, 6) is 4.58. The third-order valence-corrected chi connectivity index (χ3v) is 11.5. The van der Waals surface area contributed by atoms with Gasteiger partial charge in [-0.15, -0.1) is 0 Å². The number of amides is 4. The number of nitrogens with zero attached hydrogens (tertiary/aromatic N) is 7. The Morgan fingerprint density at radius 1 is 0.839 bits per heavy atom. The normalized spacial score (nSPS) is 19.3. The van der Waals surface area contributed by atoms with E-state index in [0.717, 1.165) is 78.5 Å². The van der Waals surface area contributed by atoms with Crippen molar-refractivity contribution >= 4 is 51.1 Å². The molecule has 0 aliphatic carbocycles. The minimum absolute atomic E-state index is 0.0953. The molecule has 13 nitrogen and oxygen atoms in total. The fourth-order valence-corrected chi connectivity index (χ4v) is 8.23. The number of anilines is 1. The Kier molecular flexibility index (Phi) is 9.54. The number of piperidine rings is 1. The molecule has 1 atom stereocenters. The van der Waals surface area contributed by atoms with Crippen LogP contribution in [0.3, 0.4) is 0 Å². The topological polar surface area (TPSA) is 133 Å². The molecule has 284 valence electrons. The Bertz CT molecular complexity index is 2440. The molecule has 4 aliphatic heterocycles. The second-order valence-corrected chi connectivity index (χ2v) is 15.0. The molecule has 3 aromatic heterocycles. The molecule has 0 radical (unpaired) electrons. The number of aryl methyl sites for hydroxylation is 1. The number of nitrogens with one attached hydrogen (secondary N) is 1. The Balaban J connectivity index is 0.680. The first-order chi connectivity index (χ1) is 27.3. The highest BCUT2D eigenvalue weighted by molar-refractivity contribution is 6.23. The number of imide groups is 2. The average molecular weight is 751 g/mol. The molecular formula is C43H42N8O5. The quantitative estimate of drug-likeness (QED) is 0.136. The standard InChI is InChI=1S/C43H42N8O5/c1-47-37-13-14-44-25-36(37)33-9-6-28(22-39(33)47)29-5-7-30(45-24-29)4-2-15-48-17-19-49(20-18-48)16-3-21-56-32-26-50(27-32)31-8-10-34-35(23-31)43(55)51(42(34)54)38-11-12-40(52)46-41(38)53/h5-10,13-14,22-25,32,38H,3,11-12,15-21,26-27H2,1H3,(H,46,52,53). The monoisotopic (exact) mass is 750 g/mol. The number of hydrogen-bond donors (Lipinski definition) is 1. The Hall–Kier alpha value is -5.94. The van der Waals surface area contributed by atoms with Gasteiger partial charge in [-0.05, 0) is 60.7 Å². The van der Waals surface area contributed by atoms with Crippen LogP contribution in [-0.2, 0) is 21.4 Å².